The van der Waals surface area contributed by atoms with E-state index in [4.69, 9.17) is 9.47 Å². The van der Waals surface area contributed by atoms with E-state index >= 15 is 0 Å². The Morgan fingerprint density at radius 3 is 2.91 bits per heavy atom. The minimum atomic E-state index is -0.0836. The van der Waals surface area contributed by atoms with Gasteiger partial charge in [0, 0.05) is 7.11 Å². The number of rotatable bonds is 3. The molecule has 0 unspecified atom stereocenters. The van der Waals surface area contributed by atoms with E-state index in [0.717, 1.165) is 24.5 Å². The second-order valence-electron chi connectivity index (χ2n) is 7.96. The van der Waals surface area contributed by atoms with Gasteiger partial charge in [0.1, 0.15) is 5.75 Å². The number of methoxy groups -OCH3 is 1. The number of hydrogen-bond acceptors (Lipinski definition) is 3. The van der Waals surface area contributed by atoms with Crippen molar-refractivity contribution in [3.63, 3.8) is 0 Å². The summed E-state index contributed by atoms with van der Waals surface area (Å²) >= 11 is 0. The van der Waals surface area contributed by atoms with Gasteiger partial charge < -0.3 is 14.6 Å². The summed E-state index contributed by atoms with van der Waals surface area (Å²) in [5.74, 6) is 3.05. The number of aryl methyl sites for hydroxylation is 1. The van der Waals surface area contributed by atoms with Gasteiger partial charge in [0.05, 0.1) is 6.10 Å². The van der Waals surface area contributed by atoms with Crippen LogP contribution in [0.5, 0.6) is 5.75 Å². The van der Waals surface area contributed by atoms with Crippen LogP contribution in [0.25, 0.3) is 0 Å². The summed E-state index contributed by atoms with van der Waals surface area (Å²) in [6.07, 6.45) is 6.92. The van der Waals surface area contributed by atoms with E-state index in [1.807, 2.05) is 0 Å². The molecule has 0 bridgehead atoms. The molecule has 126 valence electrons. The van der Waals surface area contributed by atoms with Crippen molar-refractivity contribution in [1.29, 1.82) is 0 Å². The van der Waals surface area contributed by atoms with Gasteiger partial charge in [-0.1, -0.05) is 13.0 Å². The molecule has 0 amide bonds. The molecule has 2 saturated carbocycles. The molecule has 3 aliphatic rings. The molecule has 2 fully saturated rings. The van der Waals surface area contributed by atoms with Crippen LogP contribution in [0.1, 0.15) is 56.1 Å². The molecule has 0 heterocycles. The van der Waals surface area contributed by atoms with Gasteiger partial charge >= 0.3 is 0 Å². The lowest BCUT2D eigenvalue weighted by Gasteiger charge is -2.50. The second kappa shape index (κ2) is 5.78. The fourth-order valence-electron chi connectivity index (χ4n) is 5.75. The highest BCUT2D eigenvalue weighted by Crippen LogP contribution is 2.60. The van der Waals surface area contributed by atoms with Crippen LogP contribution >= 0.6 is 0 Å². The smallest absolute Gasteiger partial charge is 0.188 e. The second-order valence-corrected chi connectivity index (χ2v) is 7.96. The minimum Gasteiger partial charge on any atom is -0.468 e. The molecule has 1 aromatic rings. The van der Waals surface area contributed by atoms with Gasteiger partial charge in [-0.05, 0) is 85.0 Å². The molecule has 1 aromatic carbocycles. The average Bonchev–Trinajstić information content (AvgIpc) is 2.88. The number of aliphatic hydroxyl groups is 1. The van der Waals surface area contributed by atoms with Gasteiger partial charge in [-0.25, -0.2) is 0 Å². The Balaban J connectivity index is 1.60. The Labute approximate surface area is 139 Å². The first-order valence-corrected chi connectivity index (χ1v) is 9.06. The number of benzene rings is 1. The van der Waals surface area contributed by atoms with Crippen molar-refractivity contribution < 1.29 is 14.6 Å². The third-order valence-electron chi connectivity index (χ3n) is 6.99. The van der Waals surface area contributed by atoms with Crippen molar-refractivity contribution in [2.45, 2.75) is 57.5 Å². The summed E-state index contributed by atoms with van der Waals surface area (Å²) in [5, 5.41) is 10.5. The van der Waals surface area contributed by atoms with E-state index in [1.54, 1.807) is 7.11 Å². The fourth-order valence-corrected chi connectivity index (χ4v) is 5.75. The summed E-state index contributed by atoms with van der Waals surface area (Å²) in [5.41, 5.74) is 3.16. The van der Waals surface area contributed by atoms with Crippen molar-refractivity contribution in [3.05, 3.63) is 29.3 Å². The lowest BCUT2D eigenvalue weighted by atomic mass is 9.55. The van der Waals surface area contributed by atoms with Crippen molar-refractivity contribution in [2.75, 3.05) is 13.9 Å². The van der Waals surface area contributed by atoms with Gasteiger partial charge in [0.2, 0.25) is 0 Å². The Hall–Kier alpha value is -1.06. The molecule has 3 nitrogen and oxygen atoms in total. The van der Waals surface area contributed by atoms with Crippen LogP contribution in [0.2, 0.25) is 0 Å². The predicted octanol–water partition coefficient (Wildman–Crippen LogP) is 3.89. The highest BCUT2D eigenvalue weighted by atomic mass is 16.7. The lowest BCUT2D eigenvalue weighted by Crippen LogP contribution is -2.43. The van der Waals surface area contributed by atoms with Crippen LogP contribution in [-0.2, 0) is 11.2 Å². The number of aliphatic hydroxyl groups excluding tert-OH is 1. The molecule has 0 aromatic heterocycles. The summed E-state index contributed by atoms with van der Waals surface area (Å²) in [7, 11) is 1.65. The van der Waals surface area contributed by atoms with Crippen molar-refractivity contribution in [2.24, 2.45) is 17.3 Å². The highest BCUT2D eigenvalue weighted by molar-refractivity contribution is 5.40. The standard InChI is InChI=1S/C20H28O3/c1-20-10-9-16-15-6-4-14(23-12-22-2)11-13(15)3-5-17(16)18(20)7-8-19(20)21/h4,6,11,16-19,21H,3,5,7-10,12H2,1-2H3/t16-,17-,18+,19+,20+/m1/s1. The molecule has 0 saturated heterocycles. The van der Waals surface area contributed by atoms with Crippen LogP contribution in [-0.4, -0.2) is 25.1 Å². The van der Waals surface area contributed by atoms with Gasteiger partial charge in [-0.15, -0.1) is 0 Å². The first-order chi connectivity index (χ1) is 11.1. The summed E-state index contributed by atoms with van der Waals surface area (Å²) in [6, 6.07) is 6.59. The predicted molar refractivity (Wildman–Crippen MR) is 89.6 cm³/mol. The van der Waals surface area contributed by atoms with Crippen LogP contribution in [0, 0.1) is 17.3 Å². The largest absolute Gasteiger partial charge is 0.468 e. The molecule has 5 atom stereocenters. The van der Waals surface area contributed by atoms with Gasteiger partial charge in [-0.3, -0.25) is 0 Å². The van der Waals surface area contributed by atoms with E-state index in [0.29, 0.717) is 18.6 Å². The topological polar surface area (TPSA) is 38.7 Å². The maximum absolute atomic E-state index is 10.5. The van der Waals surface area contributed by atoms with Crippen molar-refractivity contribution >= 4 is 0 Å². The third kappa shape index (κ3) is 2.40. The normalized spacial score (nSPS) is 38.6. The summed E-state index contributed by atoms with van der Waals surface area (Å²) < 4.78 is 10.6. The van der Waals surface area contributed by atoms with Gasteiger partial charge in [-0.2, -0.15) is 0 Å². The van der Waals surface area contributed by atoms with E-state index in [1.165, 1.54) is 36.8 Å². The van der Waals surface area contributed by atoms with E-state index < -0.39 is 0 Å². The zero-order valence-corrected chi connectivity index (χ0v) is 14.3. The van der Waals surface area contributed by atoms with Crippen LogP contribution < -0.4 is 4.74 Å². The van der Waals surface area contributed by atoms with Crippen LogP contribution in [0.4, 0.5) is 0 Å². The highest BCUT2D eigenvalue weighted by Gasteiger charge is 2.54. The molecule has 23 heavy (non-hydrogen) atoms. The monoisotopic (exact) mass is 316 g/mol. The van der Waals surface area contributed by atoms with Crippen LogP contribution in [0.3, 0.4) is 0 Å². The maximum atomic E-state index is 10.5. The van der Waals surface area contributed by atoms with E-state index in [-0.39, 0.29) is 11.5 Å². The quantitative estimate of drug-likeness (QED) is 0.860. The van der Waals surface area contributed by atoms with Crippen molar-refractivity contribution in [3.8, 4) is 5.75 Å². The number of fused-ring (bicyclic) bond motifs is 5. The SMILES string of the molecule is COCOc1ccc2c(c1)CC[C@@H]1[C@@H]2CC[C@]2(C)[C@@H](O)CC[C@@H]12. The molecule has 1 N–H and O–H groups in total. The van der Waals surface area contributed by atoms with Crippen LogP contribution in [0.15, 0.2) is 18.2 Å². The van der Waals surface area contributed by atoms with E-state index in [2.05, 4.69) is 25.1 Å². The number of ether oxygens (including phenoxy) is 2. The molecule has 4 rings (SSSR count). The minimum absolute atomic E-state index is 0.0836. The Morgan fingerprint density at radius 2 is 2.09 bits per heavy atom. The Morgan fingerprint density at radius 1 is 1.22 bits per heavy atom. The zero-order valence-electron chi connectivity index (χ0n) is 14.3. The summed E-state index contributed by atoms with van der Waals surface area (Å²) in [6.45, 7) is 2.64. The first kappa shape index (κ1) is 15.5. The molecule has 3 heteroatoms. The first-order valence-electron chi connectivity index (χ1n) is 9.06. The number of hydrogen-bond donors (Lipinski definition) is 1. The molecule has 0 radical (unpaired) electrons. The Bertz CT molecular complexity index is 584. The molecule has 0 aliphatic heterocycles. The zero-order chi connectivity index (χ0) is 16.0. The van der Waals surface area contributed by atoms with Gasteiger partial charge in [0.15, 0.2) is 6.79 Å². The molecule has 3 aliphatic carbocycles. The summed E-state index contributed by atoms with van der Waals surface area (Å²) in [4.78, 5) is 0. The third-order valence-corrected chi connectivity index (χ3v) is 6.99. The van der Waals surface area contributed by atoms with Gasteiger partial charge in [0.25, 0.3) is 0 Å². The maximum Gasteiger partial charge on any atom is 0.188 e. The lowest BCUT2D eigenvalue weighted by molar-refractivity contribution is -0.0226. The fraction of sp³-hybridized carbons (Fsp3) is 0.700. The Kier molecular flexibility index (Phi) is 3.89. The molecular formula is C20H28O3. The average molecular weight is 316 g/mol. The molecule has 0 spiro atoms. The van der Waals surface area contributed by atoms with Crippen molar-refractivity contribution in [1.82, 2.24) is 0 Å². The van der Waals surface area contributed by atoms with E-state index in [9.17, 15) is 5.11 Å². The molecular weight excluding hydrogens is 288 g/mol.